The molecular weight excluding hydrogens is 576 g/mol. The van der Waals surface area contributed by atoms with Crippen LogP contribution in [0.4, 0.5) is 17.1 Å². The SMILES string of the molecule is CCOc1ccc(Cl)c(NC(=O)c2cc3ccccc3c(N=Nc3ccc(C)c(S(=O)(=O)O)c3Cl)c2[O-])c1.[Na+]. The second-order valence-corrected chi connectivity index (χ2v) is 10.2. The van der Waals surface area contributed by atoms with Crippen molar-refractivity contribution >= 4 is 67.1 Å². The number of anilines is 1. The number of nitrogens with zero attached hydrogens (tertiary/aromatic N) is 2. The third-order valence-corrected chi connectivity index (χ3v) is 7.37. The van der Waals surface area contributed by atoms with Crippen molar-refractivity contribution in [2.45, 2.75) is 18.7 Å². The van der Waals surface area contributed by atoms with E-state index in [-0.39, 0.29) is 67.8 Å². The Bertz CT molecular complexity index is 1710. The number of rotatable bonds is 7. The molecule has 0 atom stereocenters. The number of ether oxygens (including phenoxy) is 1. The topological polar surface area (TPSA) is 140 Å². The number of fused-ring (bicyclic) bond motifs is 1. The number of halogens is 2. The van der Waals surface area contributed by atoms with Crippen LogP contribution in [0.3, 0.4) is 0 Å². The van der Waals surface area contributed by atoms with E-state index in [4.69, 9.17) is 27.9 Å². The van der Waals surface area contributed by atoms with Gasteiger partial charge in [-0.25, -0.2) is 0 Å². The van der Waals surface area contributed by atoms with Crippen molar-refractivity contribution in [1.29, 1.82) is 0 Å². The molecule has 13 heteroatoms. The summed E-state index contributed by atoms with van der Waals surface area (Å²) < 4.78 is 38.5. The molecular formula is C26H20Cl2N3NaO6S. The fourth-order valence-corrected chi connectivity index (χ4v) is 5.28. The molecule has 4 rings (SSSR count). The van der Waals surface area contributed by atoms with E-state index in [1.165, 1.54) is 25.1 Å². The van der Waals surface area contributed by atoms with E-state index in [0.29, 0.717) is 23.1 Å². The van der Waals surface area contributed by atoms with Gasteiger partial charge in [0.1, 0.15) is 16.3 Å². The first-order valence-electron chi connectivity index (χ1n) is 11.2. The molecule has 2 N–H and O–H groups in total. The zero-order chi connectivity index (χ0) is 27.6. The molecule has 0 radical (unpaired) electrons. The zero-order valence-electron chi connectivity index (χ0n) is 21.0. The molecule has 0 saturated heterocycles. The maximum absolute atomic E-state index is 13.4. The van der Waals surface area contributed by atoms with Crippen molar-refractivity contribution in [2.24, 2.45) is 10.2 Å². The molecule has 0 aliphatic carbocycles. The molecule has 9 nitrogen and oxygen atoms in total. The van der Waals surface area contributed by atoms with Crippen molar-refractivity contribution in [3.05, 3.63) is 81.8 Å². The molecule has 0 unspecified atom stereocenters. The molecule has 4 aromatic carbocycles. The second-order valence-electron chi connectivity index (χ2n) is 8.07. The van der Waals surface area contributed by atoms with Crippen LogP contribution >= 0.6 is 23.2 Å². The number of azo groups is 1. The van der Waals surface area contributed by atoms with Gasteiger partial charge in [0, 0.05) is 17.0 Å². The summed E-state index contributed by atoms with van der Waals surface area (Å²) in [7, 11) is -4.64. The number of hydrogen-bond acceptors (Lipinski definition) is 7. The molecule has 196 valence electrons. The standard InChI is InChI=1S/C26H21Cl2N3O6S.Na/c1-3-37-16-9-10-19(27)21(13-16)29-26(33)18-12-15-6-4-5-7-17(15)23(24(18)32)31-30-20-11-8-14(2)25(22(20)28)38(34,35)36;/h4-13,32H,3H2,1-2H3,(H,29,33)(H,34,35,36);/q;+1/p-1. The summed E-state index contributed by atoms with van der Waals surface area (Å²) in [6.07, 6.45) is 0. The first-order chi connectivity index (χ1) is 18.0. The molecule has 4 aromatic rings. The summed E-state index contributed by atoms with van der Waals surface area (Å²) in [5.74, 6) is -0.961. The van der Waals surface area contributed by atoms with Gasteiger partial charge in [-0.3, -0.25) is 9.35 Å². The summed E-state index contributed by atoms with van der Waals surface area (Å²) in [4.78, 5) is 12.7. The molecule has 0 heterocycles. The number of amides is 1. The van der Waals surface area contributed by atoms with Crippen LogP contribution in [-0.4, -0.2) is 25.5 Å². The summed E-state index contributed by atoms with van der Waals surface area (Å²) in [5.41, 5.74) is -0.0148. The van der Waals surface area contributed by atoms with E-state index in [9.17, 15) is 22.9 Å². The van der Waals surface area contributed by atoms with Gasteiger partial charge in [-0.05, 0) is 49.1 Å². The van der Waals surface area contributed by atoms with Gasteiger partial charge >= 0.3 is 29.6 Å². The van der Waals surface area contributed by atoms with Gasteiger partial charge in [0.2, 0.25) is 0 Å². The maximum atomic E-state index is 13.4. The summed E-state index contributed by atoms with van der Waals surface area (Å²) >= 11 is 12.4. The Morgan fingerprint density at radius 2 is 1.79 bits per heavy atom. The van der Waals surface area contributed by atoms with Crippen LogP contribution in [-0.2, 0) is 10.1 Å². The minimum atomic E-state index is -4.64. The molecule has 1 amide bonds. The number of carbonyl (C=O) groups is 1. The molecule has 0 spiro atoms. The summed E-state index contributed by atoms with van der Waals surface area (Å²) in [6.45, 7) is 3.68. The van der Waals surface area contributed by atoms with Crippen LogP contribution in [0.1, 0.15) is 22.8 Å². The Morgan fingerprint density at radius 3 is 2.49 bits per heavy atom. The van der Waals surface area contributed by atoms with Gasteiger partial charge in [-0.1, -0.05) is 59.3 Å². The fraction of sp³-hybridized carbons (Fsp3) is 0.115. The van der Waals surface area contributed by atoms with E-state index in [1.807, 2.05) is 6.92 Å². The van der Waals surface area contributed by atoms with Crippen molar-refractivity contribution in [3.8, 4) is 11.5 Å². The molecule has 39 heavy (non-hydrogen) atoms. The number of hydrogen-bond donors (Lipinski definition) is 2. The molecule has 0 fully saturated rings. The number of carbonyl (C=O) groups excluding carboxylic acids is 1. The van der Waals surface area contributed by atoms with Crippen LogP contribution < -0.4 is 44.7 Å². The number of nitrogens with one attached hydrogen (secondary N) is 1. The largest absolute Gasteiger partial charge is 1.00 e. The average molecular weight is 596 g/mol. The quantitative estimate of drug-likeness (QED) is 0.189. The van der Waals surface area contributed by atoms with E-state index in [0.717, 1.165) is 0 Å². The predicted octanol–water partition coefficient (Wildman–Crippen LogP) is 3.85. The molecule has 0 bridgehead atoms. The molecule has 0 aromatic heterocycles. The average Bonchev–Trinajstić information content (AvgIpc) is 2.85. The van der Waals surface area contributed by atoms with Crippen LogP contribution in [0, 0.1) is 6.92 Å². The van der Waals surface area contributed by atoms with E-state index in [2.05, 4.69) is 15.5 Å². The van der Waals surface area contributed by atoms with Crippen LogP contribution in [0.15, 0.2) is 75.8 Å². The van der Waals surface area contributed by atoms with E-state index < -0.39 is 26.7 Å². The van der Waals surface area contributed by atoms with Gasteiger partial charge in [-0.15, -0.1) is 5.11 Å². The monoisotopic (exact) mass is 595 g/mol. The third kappa shape index (κ3) is 6.72. The van der Waals surface area contributed by atoms with Crippen molar-refractivity contribution in [3.63, 3.8) is 0 Å². The van der Waals surface area contributed by atoms with Gasteiger partial charge in [0.15, 0.2) is 0 Å². The first-order valence-corrected chi connectivity index (χ1v) is 13.4. The van der Waals surface area contributed by atoms with Crippen LogP contribution in [0.5, 0.6) is 11.5 Å². The molecule has 0 saturated carbocycles. The third-order valence-electron chi connectivity index (χ3n) is 5.51. The minimum absolute atomic E-state index is 0. The Kier molecular flexibility index (Phi) is 10.0. The van der Waals surface area contributed by atoms with E-state index >= 15 is 0 Å². The van der Waals surface area contributed by atoms with Crippen LogP contribution in [0.2, 0.25) is 10.0 Å². The van der Waals surface area contributed by atoms with Gasteiger partial charge in [-0.2, -0.15) is 13.5 Å². The van der Waals surface area contributed by atoms with Crippen molar-refractivity contribution in [2.75, 3.05) is 11.9 Å². The van der Waals surface area contributed by atoms with Crippen LogP contribution in [0.25, 0.3) is 10.8 Å². The van der Waals surface area contributed by atoms with Crippen molar-refractivity contribution < 1.29 is 57.2 Å². The second kappa shape index (κ2) is 12.6. The zero-order valence-corrected chi connectivity index (χ0v) is 25.4. The Morgan fingerprint density at radius 1 is 1.08 bits per heavy atom. The fourth-order valence-electron chi connectivity index (χ4n) is 3.76. The first kappa shape index (κ1) is 30.8. The molecule has 0 aliphatic rings. The number of aryl methyl sites for hydroxylation is 1. The maximum Gasteiger partial charge on any atom is 1.00 e. The number of benzene rings is 4. The predicted molar refractivity (Wildman–Crippen MR) is 144 cm³/mol. The Hall–Kier alpha value is -2.70. The summed E-state index contributed by atoms with van der Waals surface area (Å²) in [6, 6.07) is 15.7. The summed E-state index contributed by atoms with van der Waals surface area (Å²) in [5, 5.41) is 24.9. The Labute approximate surface area is 256 Å². The Balaban J connectivity index is 0.00000420. The van der Waals surface area contributed by atoms with Crippen molar-refractivity contribution in [1.82, 2.24) is 0 Å². The molecule has 0 aliphatic heterocycles. The van der Waals surface area contributed by atoms with E-state index in [1.54, 1.807) is 42.5 Å². The van der Waals surface area contributed by atoms with Gasteiger partial charge < -0.3 is 15.2 Å². The van der Waals surface area contributed by atoms with Gasteiger partial charge in [0.05, 0.1) is 28.0 Å². The normalized spacial score (nSPS) is 11.4. The smallest absolute Gasteiger partial charge is 0.870 e. The minimum Gasteiger partial charge on any atom is -0.870 e. The van der Waals surface area contributed by atoms with Gasteiger partial charge in [0.25, 0.3) is 16.0 Å².